The molecule has 0 spiro atoms. The molecule has 0 bridgehead atoms. The lowest BCUT2D eigenvalue weighted by atomic mass is 9.94. The van der Waals surface area contributed by atoms with Crippen molar-refractivity contribution in [2.24, 2.45) is 23.2 Å². The molecule has 3 atom stereocenters. The molecule has 0 heterocycles. The van der Waals surface area contributed by atoms with Gasteiger partial charge < -0.3 is 0 Å². The Labute approximate surface area is 95.1 Å². The van der Waals surface area contributed by atoms with Crippen LogP contribution in [0, 0.1) is 29.6 Å². The van der Waals surface area contributed by atoms with Gasteiger partial charge in [0.05, 0.1) is 12.3 Å². The van der Waals surface area contributed by atoms with Gasteiger partial charge >= 0.3 is 0 Å². The maximum absolute atomic E-state index is 2.64. The zero-order valence-electron chi connectivity index (χ0n) is 10.7. The molecule has 84 valence electrons. The number of hydrogen-bond donors (Lipinski definition) is 0. The van der Waals surface area contributed by atoms with Crippen molar-refractivity contribution >= 4 is 0 Å². The average molecular weight is 205 g/mol. The van der Waals surface area contributed by atoms with Crippen molar-refractivity contribution in [3.63, 3.8) is 0 Å². The predicted octanol–water partition coefficient (Wildman–Crippen LogP) is 4.62. The van der Waals surface area contributed by atoms with Crippen LogP contribution in [-0.4, -0.2) is 0 Å². The van der Waals surface area contributed by atoms with Crippen LogP contribution in [-0.2, 0) is 0 Å². The summed E-state index contributed by atoms with van der Waals surface area (Å²) in [6.07, 6.45) is 10.5. The molecule has 0 N–H and O–H groups in total. The zero-order valence-corrected chi connectivity index (χ0v) is 10.7. The van der Waals surface area contributed by atoms with Gasteiger partial charge in [0.25, 0.3) is 0 Å². The molecule has 0 amide bonds. The number of rotatable bonds is 0. The Morgan fingerprint density at radius 2 is 2.07 bits per heavy atom. The molecule has 0 aromatic carbocycles. The summed E-state index contributed by atoms with van der Waals surface area (Å²) in [5, 5.41) is 0. The van der Waals surface area contributed by atoms with Crippen molar-refractivity contribution in [1.82, 2.24) is 0 Å². The largest absolute Gasteiger partial charge is 0.107 e. The van der Waals surface area contributed by atoms with Crippen molar-refractivity contribution in [3.8, 4) is 0 Å². The van der Waals surface area contributed by atoms with E-state index in [0.717, 1.165) is 17.8 Å². The molecule has 0 aromatic heterocycles. The molecular weight excluding hydrogens is 180 g/mol. The molecular formula is C15H25+. The molecule has 0 unspecified atom stereocenters. The predicted molar refractivity (Wildman–Crippen MR) is 66.5 cm³/mol. The first-order valence-corrected chi connectivity index (χ1v) is 6.52. The third-order valence-corrected chi connectivity index (χ3v) is 4.64. The summed E-state index contributed by atoms with van der Waals surface area (Å²) in [4.78, 5) is 0. The maximum atomic E-state index is 2.64. The first kappa shape index (κ1) is 11.1. The van der Waals surface area contributed by atoms with Crippen LogP contribution < -0.4 is 0 Å². The average Bonchev–Trinajstić information content (AvgIpc) is 2.65. The van der Waals surface area contributed by atoms with Crippen LogP contribution in [0.25, 0.3) is 0 Å². The molecule has 2 rings (SSSR count). The van der Waals surface area contributed by atoms with Crippen LogP contribution in [0.1, 0.15) is 53.4 Å². The van der Waals surface area contributed by atoms with E-state index in [1.54, 1.807) is 5.57 Å². The second kappa shape index (κ2) is 3.88. The molecule has 15 heavy (non-hydrogen) atoms. The Bertz CT molecular complexity index is 259. The quantitative estimate of drug-likeness (QED) is 0.400. The number of fused-ring (bicyclic) bond motifs is 1. The van der Waals surface area contributed by atoms with Gasteiger partial charge in [-0.2, -0.15) is 0 Å². The van der Waals surface area contributed by atoms with Gasteiger partial charge in [-0.05, 0) is 39.5 Å². The Hall–Kier alpha value is -0.390. The van der Waals surface area contributed by atoms with Gasteiger partial charge in [-0.25, -0.2) is 0 Å². The van der Waals surface area contributed by atoms with Crippen LogP contribution in [0.5, 0.6) is 0 Å². The maximum Gasteiger partial charge on any atom is 0.107 e. The van der Waals surface area contributed by atoms with Gasteiger partial charge in [0.2, 0.25) is 0 Å². The van der Waals surface area contributed by atoms with Gasteiger partial charge in [-0.15, -0.1) is 0 Å². The number of hydrogen-bond acceptors (Lipinski definition) is 0. The molecule has 0 nitrogen and oxygen atoms in total. The van der Waals surface area contributed by atoms with Crippen molar-refractivity contribution in [2.75, 3.05) is 0 Å². The zero-order chi connectivity index (χ0) is 11.1. The summed E-state index contributed by atoms with van der Waals surface area (Å²) >= 11 is 0. The highest BCUT2D eigenvalue weighted by Crippen LogP contribution is 2.62. The third kappa shape index (κ3) is 2.24. The summed E-state index contributed by atoms with van der Waals surface area (Å²) in [6, 6.07) is 0. The highest BCUT2D eigenvalue weighted by Gasteiger charge is 2.63. The highest BCUT2D eigenvalue weighted by atomic mass is 14.6. The second-order valence-electron chi connectivity index (χ2n) is 6.29. The van der Waals surface area contributed by atoms with E-state index in [2.05, 4.69) is 40.2 Å². The fraction of sp³-hybridized carbons (Fsp3) is 0.800. The normalized spacial score (nSPS) is 43.2. The summed E-state index contributed by atoms with van der Waals surface area (Å²) in [6.45, 7) is 9.58. The Kier molecular flexibility index (Phi) is 2.87. The van der Waals surface area contributed by atoms with Gasteiger partial charge in [0.1, 0.15) is 5.92 Å². The van der Waals surface area contributed by atoms with Gasteiger partial charge in [0, 0.05) is 11.3 Å². The molecule has 1 fully saturated rings. The molecule has 2 aliphatic rings. The van der Waals surface area contributed by atoms with Crippen molar-refractivity contribution < 1.29 is 0 Å². The highest BCUT2D eigenvalue weighted by molar-refractivity contribution is 5.14. The summed E-state index contributed by atoms with van der Waals surface area (Å²) in [5.41, 5.74) is 2.21. The summed E-state index contributed by atoms with van der Waals surface area (Å²) in [7, 11) is 0. The van der Waals surface area contributed by atoms with Crippen LogP contribution in [0.15, 0.2) is 11.6 Å². The molecule has 0 radical (unpaired) electrons. The van der Waals surface area contributed by atoms with E-state index in [0.29, 0.717) is 5.41 Å². The lowest BCUT2D eigenvalue weighted by Gasteiger charge is -2.05. The van der Waals surface area contributed by atoms with Crippen molar-refractivity contribution in [2.45, 2.75) is 53.4 Å². The summed E-state index contributed by atoms with van der Waals surface area (Å²) < 4.78 is 0. The third-order valence-electron chi connectivity index (χ3n) is 4.64. The summed E-state index contributed by atoms with van der Waals surface area (Å²) in [5.74, 6) is 2.67. The van der Waals surface area contributed by atoms with Crippen LogP contribution in [0.2, 0.25) is 0 Å². The van der Waals surface area contributed by atoms with Crippen LogP contribution in [0.3, 0.4) is 0 Å². The minimum Gasteiger partial charge on any atom is -0.0854 e. The first-order chi connectivity index (χ1) is 7.01. The molecule has 0 aliphatic heterocycles. The fourth-order valence-electron chi connectivity index (χ4n) is 3.25. The molecule has 2 aliphatic carbocycles. The topological polar surface area (TPSA) is 0 Å². The van der Waals surface area contributed by atoms with E-state index in [9.17, 15) is 0 Å². The smallest absolute Gasteiger partial charge is 0.0854 e. The molecule has 0 aromatic rings. The van der Waals surface area contributed by atoms with Crippen molar-refractivity contribution in [3.05, 3.63) is 18.1 Å². The fourth-order valence-corrected chi connectivity index (χ4v) is 3.25. The molecule has 0 saturated heterocycles. The minimum absolute atomic E-state index is 0.596. The molecule has 1 saturated carbocycles. The SMILES string of the molecule is C/C1=C\CC[C@@H](C)[CH+][C@H]2[C@@H](CC1)C2(C)C. The van der Waals surface area contributed by atoms with Crippen LogP contribution >= 0.6 is 0 Å². The van der Waals surface area contributed by atoms with E-state index in [1.165, 1.54) is 25.7 Å². The Morgan fingerprint density at radius 1 is 1.33 bits per heavy atom. The second-order valence-corrected chi connectivity index (χ2v) is 6.29. The Morgan fingerprint density at radius 3 is 2.80 bits per heavy atom. The van der Waals surface area contributed by atoms with E-state index in [1.807, 2.05) is 0 Å². The minimum atomic E-state index is 0.596. The Balaban J connectivity index is 2.03. The van der Waals surface area contributed by atoms with Gasteiger partial charge in [-0.1, -0.05) is 25.5 Å². The van der Waals surface area contributed by atoms with E-state index in [-0.39, 0.29) is 0 Å². The van der Waals surface area contributed by atoms with Crippen LogP contribution in [0.4, 0.5) is 0 Å². The van der Waals surface area contributed by atoms with Crippen molar-refractivity contribution in [1.29, 1.82) is 0 Å². The standard InChI is InChI=1S/C15H25/c1-11-6-5-7-12(2)10-14-13(9-8-11)15(14,3)4/h6,10,12-14H,5,7-9H2,1-4H3/q+1/b11-6+/t12-,13-,14+/m1/s1. The van der Waals surface area contributed by atoms with Gasteiger partial charge in [0.15, 0.2) is 0 Å². The molecule has 0 heteroatoms. The first-order valence-electron chi connectivity index (χ1n) is 6.52. The van der Waals surface area contributed by atoms with E-state index >= 15 is 0 Å². The number of allylic oxidation sites excluding steroid dienone is 2. The van der Waals surface area contributed by atoms with E-state index < -0.39 is 0 Å². The lowest BCUT2D eigenvalue weighted by Crippen LogP contribution is -2.01. The lowest BCUT2D eigenvalue weighted by molar-refractivity contribution is 0.513. The monoisotopic (exact) mass is 205 g/mol. The van der Waals surface area contributed by atoms with Gasteiger partial charge in [-0.3, -0.25) is 0 Å². The van der Waals surface area contributed by atoms with E-state index in [4.69, 9.17) is 0 Å².